The number of unbranched alkanes of at least 4 members (excludes halogenated alkanes) is 9. The van der Waals surface area contributed by atoms with E-state index in [0.717, 1.165) is 25.7 Å². The first-order valence-corrected chi connectivity index (χ1v) is 9.56. The van der Waals surface area contributed by atoms with Gasteiger partial charge in [-0.25, -0.2) is 0 Å². The minimum atomic E-state index is -0.0798. The van der Waals surface area contributed by atoms with Crippen molar-refractivity contribution < 1.29 is 10.2 Å². The van der Waals surface area contributed by atoms with E-state index in [1.165, 1.54) is 70.6 Å². The van der Waals surface area contributed by atoms with Crippen LogP contribution in [0, 0.1) is 0 Å². The van der Waals surface area contributed by atoms with Crippen LogP contribution in [0.3, 0.4) is 0 Å². The minimum Gasteiger partial charge on any atom is -0.393 e. The van der Waals surface area contributed by atoms with Gasteiger partial charge in [0.2, 0.25) is 0 Å². The molecule has 2 unspecified atom stereocenters. The lowest BCUT2D eigenvalue weighted by Crippen LogP contribution is -2.05. The summed E-state index contributed by atoms with van der Waals surface area (Å²) in [5, 5.41) is 19.3. The highest BCUT2D eigenvalue weighted by Crippen LogP contribution is 2.14. The van der Waals surface area contributed by atoms with Crippen LogP contribution >= 0.6 is 0 Å². The Morgan fingerprint density at radius 3 is 1.33 bits per heavy atom. The maximum Gasteiger partial charge on any atom is 0.0540 e. The zero-order valence-electron chi connectivity index (χ0n) is 14.7. The van der Waals surface area contributed by atoms with Gasteiger partial charge in [-0.2, -0.15) is 0 Å². The molecule has 0 radical (unpaired) electrons. The first-order chi connectivity index (χ1) is 10.2. The second-order valence-electron chi connectivity index (χ2n) is 6.62. The summed E-state index contributed by atoms with van der Waals surface area (Å²) in [4.78, 5) is 0. The van der Waals surface area contributed by atoms with Crippen molar-refractivity contribution >= 4 is 0 Å². The first-order valence-electron chi connectivity index (χ1n) is 9.56. The summed E-state index contributed by atoms with van der Waals surface area (Å²) >= 11 is 0. The monoisotopic (exact) mass is 300 g/mol. The van der Waals surface area contributed by atoms with Crippen molar-refractivity contribution in [2.75, 3.05) is 0 Å². The van der Waals surface area contributed by atoms with Gasteiger partial charge in [0.25, 0.3) is 0 Å². The standard InChI is InChI=1S/C19H40O2/c1-3-5-6-12-16-19(21)17-14-11-9-7-8-10-13-15-18(20)4-2/h18-21H,3-17H2,1-2H3. The summed E-state index contributed by atoms with van der Waals surface area (Å²) in [6, 6.07) is 0. The molecular weight excluding hydrogens is 260 g/mol. The molecule has 0 aliphatic heterocycles. The molecule has 0 aliphatic rings. The van der Waals surface area contributed by atoms with E-state index in [1.807, 2.05) is 6.92 Å². The Morgan fingerprint density at radius 1 is 0.524 bits per heavy atom. The van der Waals surface area contributed by atoms with Crippen LogP contribution in [0.1, 0.15) is 110 Å². The predicted molar refractivity (Wildman–Crippen MR) is 92.6 cm³/mol. The molecule has 0 saturated heterocycles. The van der Waals surface area contributed by atoms with Gasteiger partial charge in [-0.15, -0.1) is 0 Å². The predicted octanol–water partition coefficient (Wildman–Crippen LogP) is 5.60. The van der Waals surface area contributed by atoms with Crippen molar-refractivity contribution in [1.82, 2.24) is 0 Å². The molecule has 2 heteroatoms. The fourth-order valence-corrected chi connectivity index (χ4v) is 2.80. The van der Waals surface area contributed by atoms with Crippen LogP contribution in [0.25, 0.3) is 0 Å². The van der Waals surface area contributed by atoms with E-state index < -0.39 is 0 Å². The van der Waals surface area contributed by atoms with E-state index in [4.69, 9.17) is 0 Å². The summed E-state index contributed by atoms with van der Waals surface area (Å²) in [6.45, 7) is 4.27. The SMILES string of the molecule is CCCCCCC(O)CCCCCCCCCC(O)CC. The van der Waals surface area contributed by atoms with Crippen LogP contribution in [0.5, 0.6) is 0 Å². The molecule has 2 nitrogen and oxygen atoms in total. The Balaban J connectivity index is 3.14. The first kappa shape index (κ1) is 20.9. The highest BCUT2D eigenvalue weighted by Gasteiger charge is 2.03. The number of rotatable bonds is 16. The molecule has 0 spiro atoms. The topological polar surface area (TPSA) is 40.5 Å². The van der Waals surface area contributed by atoms with Gasteiger partial charge in [-0.1, -0.05) is 84.5 Å². The molecule has 0 fully saturated rings. The molecular formula is C19H40O2. The fraction of sp³-hybridized carbons (Fsp3) is 1.00. The smallest absolute Gasteiger partial charge is 0.0540 e. The zero-order chi connectivity index (χ0) is 15.8. The molecule has 0 bridgehead atoms. The lowest BCUT2D eigenvalue weighted by atomic mass is 10.0. The van der Waals surface area contributed by atoms with Crippen LogP contribution in [0.2, 0.25) is 0 Å². The largest absolute Gasteiger partial charge is 0.393 e. The fourth-order valence-electron chi connectivity index (χ4n) is 2.80. The molecule has 0 rings (SSSR count). The Hall–Kier alpha value is -0.0800. The van der Waals surface area contributed by atoms with Gasteiger partial charge in [0.1, 0.15) is 0 Å². The maximum atomic E-state index is 9.87. The number of hydrogen-bond acceptors (Lipinski definition) is 2. The van der Waals surface area contributed by atoms with E-state index in [9.17, 15) is 10.2 Å². The highest BCUT2D eigenvalue weighted by atomic mass is 16.3. The van der Waals surface area contributed by atoms with Crippen molar-refractivity contribution in [3.05, 3.63) is 0 Å². The van der Waals surface area contributed by atoms with Crippen LogP contribution in [0.15, 0.2) is 0 Å². The summed E-state index contributed by atoms with van der Waals surface area (Å²) in [7, 11) is 0. The van der Waals surface area contributed by atoms with Crippen molar-refractivity contribution in [1.29, 1.82) is 0 Å². The molecule has 0 saturated carbocycles. The molecule has 0 aromatic rings. The third-order valence-corrected chi connectivity index (χ3v) is 4.44. The summed E-state index contributed by atoms with van der Waals surface area (Å²) in [5.41, 5.74) is 0. The average Bonchev–Trinajstić information content (AvgIpc) is 2.49. The number of aliphatic hydroxyl groups is 2. The second-order valence-corrected chi connectivity index (χ2v) is 6.62. The third-order valence-electron chi connectivity index (χ3n) is 4.44. The summed E-state index contributed by atoms with van der Waals surface area (Å²) < 4.78 is 0. The van der Waals surface area contributed by atoms with Gasteiger partial charge in [0.05, 0.1) is 12.2 Å². The lowest BCUT2D eigenvalue weighted by Gasteiger charge is -2.10. The quantitative estimate of drug-likeness (QED) is 0.364. The molecule has 2 atom stereocenters. The Labute approximate surface area is 133 Å². The van der Waals surface area contributed by atoms with Crippen LogP contribution in [-0.2, 0) is 0 Å². The van der Waals surface area contributed by atoms with E-state index in [0.29, 0.717) is 0 Å². The third kappa shape index (κ3) is 16.1. The molecule has 0 heterocycles. The van der Waals surface area contributed by atoms with Gasteiger partial charge >= 0.3 is 0 Å². The Kier molecular flexibility index (Phi) is 16.2. The van der Waals surface area contributed by atoms with E-state index >= 15 is 0 Å². The molecule has 0 aromatic carbocycles. The van der Waals surface area contributed by atoms with Crippen molar-refractivity contribution in [2.45, 2.75) is 122 Å². The van der Waals surface area contributed by atoms with Gasteiger partial charge in [-0.05, 0) is 25.7 Å². The van der Waals surface area contributed by atoms with Crippen LogP contribution < -0.4 is 0 Å². The Morgan fingerprint density at radius 2 is 0.905 bits per heavy atom. The highest BCUT2D eigenvalue weighted by molar-refractivity contribution is 4.57. The van der Waals surface area contributed by atoms with E-state index in [2.05, 4.69) is 6.92 Å². The van der Waals surface area contributed by atoms with Crippen LogP contribution in [0.4, 0.5) is 0 Å². The second kappa shape index (κ2) is 16.3. The van der Waals surface area contributed by atoms with Gasteiger partial charge in [0.15, 0.2) is 0 Å². The van der Waals surface area contributed by atoms with Crippen LogP contribution in [-0.4, -0.2) is 22.4 Å². The lowest BCUT2D eigenvalue weighted by molar-refractivity contribution is 0.147. The molecule has 0 aliphatic carbocycles. The summed E-state index contributed by atoms with van der Waals surface area (Å²) in [6.07, 6.45) is 17.6. The normalized spacial score (nSPS) is 14.3. The summed E-state index contributed by atoms with van der Waals surface area (Å²) in [5.74, 6) is 0. The van der Waals surface area contributed by atoms with Gasteiger partial charge < -0.3 is 10.2 Å². The van der Waals surface area contributed by atoms with Gasteiger partial charge in [0, 0.05) is 0 Å². The Bertz CT molecular complexity index is 194. The van der Waals surface area contributed by atoms with E-state index in [-0.39, 0.29) is 12.2 Å². The molecule has 21 heavy (non-hydrogen) atoms. The number of hydrogen-bond donors (Lipinski definition) is 2. The number of aliphatic hydroxyl groups excluding tert-OH is 2. The average molecular weight is 301 g/mol. The van der Waals surface area contributed by atoms with Crippen molar-refractivity contribution in [2.24, 2.45) is 0 Å². The minimum absolute atomic E-state index is 0.0580. The maximum absolute atomic E-state index is 9.87. The molecule has 2 N–H and O–H groups in total. The zero-order valence-corrected chi connectivity index (χ0v) is 14.7. The molecule has 128 valence electrons. The van der Waals surface area contributed by atoms with Crippen molar-refractivity contribution in [3.8, 4) is 0 Å². The van der Waals surface area contributed by atoms with Gasteiger partial charge in [-0.3, -0.25) is 0 Å². The molecule has 0 aromatic heterocycles. The van der Waals surface area contributed by atoms with E-state index in [1.54, 1.807) is 0 Å². The van der Waals surface area contributed by atoms with Crippen molar-refractivity contribution in [3.63, 3.8) is 0 Å². The molecule has 0 amide bonds.